The maximum atomic E-state index is 11.9. The third-order valence-corrected chi connectivity index (χ3v) is 3.33. The lowest BCUT2D eigenvalue weighted by Gasteiger charge is -2.32. The number of carbonyl (C=O) groups excluding carboxylic acids is 1. The largest absolute Gasteiger partial charge is 0.490 e. The van der Waals surface area contributed by atoms with Crippen molar-refractivity contribution in [2.45, 2.75) is 18.9 Å². The third kappa shape index (κ3) is 4.51. The topological polar surface area (TPSA) is 64.8 Å². The van der Waals surface area contributed by atoms with Gasteiger partial charge in [0.05, 0.1) is 6.61 Å². The van der Waals surface area contributed by atoms with E-state index in [9.17, 15) is 4.79 Å². The lowest BCUT2D eigenvalue weighted by atomic mass is 10.1. The Morgan fingerprint density at radius 2 is 1.95 bits per heavy atom. The van der Waals surface area contributed by atoms with Crippen LogP contribution in [0, 0.1) is 0 Å². The second-order valence-electron chi connectivity index (χ2n) is 4.85. The summed E-state index contributed by atoms with van der Waals surface area (Å²) >= 11 is 0. The normalized spacial score (nSPS) is 16.1. The van der Waals surface area contributed by atoms with Crippen LogP contribution in [0.1, 0.15) is 12.8 Å². The molecule has 1 aromatic rings. The summed E-state index contributed by atoms with van der Waals surface area (Å²) in [5.74, 6) is 0.931. The van der Waals surface area contributed by atoms with Crippen molar-refractivity contribution >= 4 is 5.91 Å². The van der Waals surface area contributed by atoms with Crippen molar-refractivity contribution in [3.8, 4) is 5.75 Å². The van der Waals surface area contributed by atoms with Gasteiger partial charge in [-0.2, -0.15) is 0 Å². The lowest BCUT2D eigenvalue weighted by molar-refractivity contribution is -0.137. The molecule has 110 valence electrons. The summed E-state index contributed by atoms with van der Waals surface area (Å²) in [6.45, 7) is 2.45. The number of piperidine rings is 1. The number of nitrogens with two attached hydrogens (primary N) is 1. The first-order chi connectivity index (χ1) is 9.79. The SMILES string of the molecule is NCCOCC(=O)N1CCC(Oc2ccccc2)CC1. The number of hydrogen-bond donors (Lipinski definition) is 1. The number of amides is 1. The Bertz CT molecular complexity index is 403. The van der Waals surface area contributed by atoms with Crippen molar-refractivity contribution in [3.63, 3.8) is 0 Å². The molecule has 1 saturated heterocycles. The van der Waals surface area contributed by atoms with Gasteiger partial charge in [-0.1, -0.05) is 18.2 Å². The fraction of sp³-hybridized carbons (Fsp3) is 0.533. The molecule has 1 amide bonds. The quantitative estimate of drug-likeness (QED) is 0.789. The molecule has 1 aliphatic heterocycles. The third-order valence-electron chi connectivity index (χ3n) is 3.33. The molecule has 2 rings (SSSR count). The van der Waals surface area contributed by atoms with E-state index in [-0.39, 0.29) is 18.6 Å². The van der Waals surface area contributed by atoms with Crippen LogP contribution in [0.15, 0.2) is 30.3 Å². The minimum absolute atomic E-state index is 0.0385. The summed E-state index contributed by atoms with van der Waals surface area (Å²) in [5, 5.41) is 0. The van der Waals surface area contributed by atoms with Crippen LogP contribution in [0.2, 0.25) is 0 Å². The molecule has 20 heavy (non-hydrogen) atoms. The zero-order valence-electron chi connectivity index (χ0n) is 11.7. The number of para-hydroxylation sites is 1. The van der Waals surface area contributed by atoms with Gasteiger partial charge in [-0.25, -0.2) is 0 Å². The van der Waals surface area contributed by atoms with Crippen molar-refractivity contribution in [2.24, 2.45) is 5.73 Å². The van der Waals surface area contributed by atoms with Crippen LogP contribution in [-0.2, 0) is 9.53 Å². The molecule has 1 heterocycles. The number of hydrogen-bond acceptors (Lipinski definition) is 4. The fourth-order valence-corrected chi connectivity index (χ4v) is 2.25. The van der Waals surface area contributed by atoms with Crippen molar-refractivity contribution in [1.29, 1.82) is 0 Å². The van der Waals surface area contributed by atoms with Gasteiger partial charge in [0.25, 0.3) is 0 Å². The standard InChI is InChI=1S/C15H22N2O3/c16-8-11-19-12-15(18)17-9-6-14(7-10-17)20-13-4-2-1-3-5-13/h1-5,14H,6-12,16H2. The Kier molecular flexibility index (Phi) is 5.83. The van der Waals surface area contributed by atoms with E-state index in [0.717, 1.165) is 31.7 Å². The molecular weight excluding hydrogens is 256 g/mol. The van der Waals surface area contributed by atoms with Crippen molar-refractivity contribution < 1.29 is 14.3 Å². The molecule has 0 aromatic heterocycles. The monoisotopic (exact) mass is 278 g/mol. The number of likely N-dealkylation sites (tertiary alicyclic amines) is 1. The molecule has 0 radical (unpaired) electrons. The van der Waals surface area contributed by atoms with Gasteiger partial charge in [-0.3, -0.25) is 4.79 Å². The van der Waals surface area contributed by atoms with Crippen LogP contribution in [0.3, 0.4) is 0 Å². The molecule has 1 aliphatic rings. The summed E-state index contributed by atoms with van der Waals surface area (Å²) in [7, 11) is 0. The average Bonchev–Trinajstić information content (AvgIpc) is 2.49. The van der Waals surface area contributed by atoms with Crippen LogP contribution >= 0.6 is 0 Å². The van der Waals surface area contributed by atoms with Gasteiger partial charge in [0, 0.05) is 32.5 Å². The van der Waals surface area contributed by atoms with Crippen LogP contribution < -0.4 is 10.5 Å². The highest BCUT2D eigenvalue weighted by atomic mass is 16.5. The Labute approximate surface area is 119 Å². The molecule has 2 N–H and O–H groups in total. The zero-order valence-corrected chi connectivity index (χ0v) is 11.7. The molecule has 1 fully saturated rings. The van der Waals surface area contributed by atoms with Crippen molar-refractivity contribution in [2.75, 3.05) is 32.8 Å². The van der Waals surface area contributed by atoms with Gasteiger partial charge in [0.15, 0.2) is 0 Å². The summed E-state index contributed by atoms with van der Waals surface area (Å²) < 4.78 is 11.1. The smallest absolute Gasteiger partial charge is 0.248 e. The molecule has 0 saturated carbocycles. The van der Waals surface area contributed by atoms with E-state index in [2.05, 4.69) is 0 Å². The summed E-state index contributed by atoms with van der Waals surface area (Å²) in [5.41, 5.74) is 5.32. The number of benzene rings is 1. The second kappa shape index (κ2) is 7.87. The Morgan fingerprint density at radius 1 is 1.25 bits per heavy atom. The van der Waals surface area contributed by atoms with Gasteiger partial charge in [-0.15, -0.1) is 0 Å². The summed E-state index contributed by atoms with van der Waals surface area (Å²) in [6.07, 6.45) is 1.90. The van der Waals surface area contributed by atoms with Gasteiger partial charge >= 0.3 is 0 Å². The lowest BCUT2D eigenvalue weighted by Crippen LogP contribution is -2.43. The van der Waals surface area contributed by atoms with E-state index in [1.165, 1.54) is 0 Å². The predicted molar refractivity (Wildman–Crippen MR) is 76.5 cm³/mol. The molecule has 0 atom stereocenters. The number of ether oxygens (including phenoxy) is 2. The maximum Gasteiger partial charge on any atom is 0.248 e. The molecule has 0 spiro atoms. The van der Waals surface area contributed by atoms with E-state index in [1.54, 1.807) is 0 Å². The first-order valence-electron chi connectivity index (χ1n) is 7.07. The number of carbonyl (C=O) groups is 1. The first-order valence-corrected chi connectivity index (χ1v) is 7.07. The molecule has 0 unspecified atom stereocenters. The van der Waals surface area contributed by atoms with Crippen LogP contribution in [0.25, 0.3) is 0 Å². The second-order valence-corrected chi connectivity index (χ2v) is 4.85. The summed E-state index contributed by atoms with van der Waals surface area (Å²) in [6, 6.07) is 9.80. The van der Waals surface area contributed by atoms with Crippen LogP contribution in [0.4, 0.5) is 0 Å². The number of nitrogens with zero attached hydrogens (tertiary/aromatic N) is 1. The van der Waals surface area contributed by atoms with E-state index in [0.29, 0.717) is 13.2 Å². The predicted octanol–water partition coefficient (Wildman–Crippen LogP) is 1.03. The molecule has 0 aliphatic carbocycles. The van der Waals surface area contributed by atoms with E-state index >= 15 is 0 Å². The molecule has 5 nitrogen and oxygen atoms in total. The first kappa shape index (κ1) is 14.8. The maximum absolute atomic E-state index is 11.9. The van der Waals surface area contributed by atoms with Gasteiger partial charge in [-0.05, 0) is 12.1 Å². The van der Waals surface area contributed by atoms with E-state index in [1.807, 2.05) is 35.2 Å². The van der Waals surface area contributed by atoms with Crippen LogP contribution in [-0.4, -0.2) is 49.8 Å². The molecule has 0 bridgehead atoms. The highest BCUT2D eigenvalue weighted by Crippen LogP contribution is 2.18. The summed E-state index contributed by atoms with van der Waals surface area (Å²) in [4.78, 5) is 13.7. The van der Waals surface area contributed by atoms with Gasteiger partial charge in [0.1, 0.15) is 18.5 Å². The Morgan fingerprint density at radius 3 is 2.60 bits per heavy atom. The van der Waals surface area contributed by atoms with E-state index in [4.69, 9.17) is 15.2 Å². The Balaban J connectivity index is 1.71. The molecule has 5 heteroatoms. The minimum atomic E-state index is 0.0385. The minimum Gasteiger partial charge on any atom is -0.490 e. The van der Waals surface area contributed by atoms with Crippen molar-refractivity contribution in [1.82, 2.24) is 4.90 Å². The van der Waals surface area contributed by atoms with E-state index < -0.39 is 0 Å². The fourth-order valence-electron chi connectivity index (χ4n) is 2.25. The number of rotatable bonds is 6. The van der Waals surface area contributed by atoms with Crippen LogP contribution in [0.5, 0.6) is 5.75 Å². The van der Waals surface area contributed by atoms with Gasteiger partial charge < -0.3 is 20.1 Å². The highest BCUT2D eigenvalue weighted by molar-refractivity contribution is 5.77. The zero-order chi connectivity index (χ0) is 14.2. The highest BCUT2D eigenvalue weighted by Gasteiger charge is 2.23. The molecular formula is C15H22N2O3. The van der Waals surface area contributed by atoms with Gasteiger partial charge in [0.2, 0.25) is 5.91 Å². The molecule has 1 aromatic carbocycles. The van der Waals surface area contributed by atoms with Crippen molar-refractivity contribution in [3.05, 3.63) is 30.3 Å². The Hall–Kier alpha value is -1.59. The average molecular weight is 278 g/mol.